The van der Waals surface area contributed by atoms with Gasteiger partial charge in [0.1, 0.15) is 18.2 Å². The molecule has 3 aromatic carbocycles. The van der Waals surface area contributed by atoms with Crippen LogP contribution in [-0.2, 0) is 9.59 Å². The molecule has 1 aromatic heterocycles. The molecule has 2 heterocycles. The van der Waals surface area contributed by atoms with E-state index in [1.807, 2.05) is 76.2 Å². The summed E-state index contributed by atoms with van der Waals surface area (Å²) in [5.41, 5.74) is 5.57. The van der Waals surface area contributed by atoms with Crippen molar-refractivity contribution >= 4 is 29.4 Å². The Hall–Kier alpha value is -3.91. The maximum Gasteiger partial charge on any atom is 0.240 e. The summed E-state index contributed by atoms with van der Waals surface area (Å²) in [5.74, 6) is -0.242. The van der Waals surface area contributed by atoms with Gasteiger partial charge in [0.25, 0.3) is 0 Å². The number of hydrogen-bond donors (Lipinski definition) is 1. The van der Waals surface area contributed by atoms with Crippen LogP contribution in [0.2, 0.25) is 0 Å². The maximum absolute atomic E-state index is 15.4. The predicted molar refractivity (Wildman–Crippen MR) is 159 cm³/mol. The van der Waals surface area contributed by atoms with E-state index in [1.54, 1.807) is 22.9 Å². The van der Waals surface area contributed by atoms with Gasteiger partial charge < -0.3 is 5.32 Å². The molecule has 0 fully saturated rings. The normalized spacial score (nSPS) is 15.9. The van der Waals surface area contributed by atoms with E-state index >= 15 is 4.39 Å². The lowest BCUT2D eigenvalue weighted by Crippen LogP contribution is -2.44. The molecule has 6 nitrogen and oxygen atoms in total. The molecule has 40 heavy (non-hydrogen) atoms. The first-order valence-electron chi connectivity index (χ1n) is 13.5. The van der Waals surface area contributed by atoms with Crippen molar-refractivity contribution in [2.24, 2.45) is 0 Å². The summed E-state index contributed by atoms with van der Waals surface area (Å²) in [6.07, 6.45) is 0.773. The molecule has 8 heteroatoms. The second-order valence-electron chi connectivity index (χ2n) is 10.2. The van der Waals surface area contributed by atoms with E-state index in [9.17, 15) is 9.59 Å². The number of anilines is 1. The Morgan fingerprint density at radius 1 is 1.07 bits per heavy atom. The number of thioether (sulfide) groups is 1. The summed E-state index contributed by atoms with van der Waals surface area (Å²) in [5, 5.41) is 7.58. The van der Waals surface area contributed by atoms with E-state index in [2.05, 4.69) is 5.32 Å². The predicted octanol–water partition coefficient (Wildman–Crippen LogP) is 6.38. The lowest BCUT2D eigenvalue weighted by molar-refractivity contribution is -0.123. The van der Waals surface area contributed by atoms with Gasteiger partial charge in [0.15, 0.2) is 0 Å². The molecule has 1 N–H and O–H groups in total. The fourth-order valence-electron chi connectivity index (χ4n) is 4.96. The molecule has 206 valence electrons. The van der Waals surface area contributed by atoms with Crippen LogP contribution < -0.4 is 10.2 Å². The van der Waals surface area contributed by atoms with Gasteiger partial charge in [-0.15, -0.1) is 11.8 Å². The minimum Gasteiger partial charge on any atom is -0.352 e. The Morgan fingerprint density at radius 3 is 2.52 bits per heavy atom. The fourth-order valence-corrected chi connectivity index (χ4v) is 6.18. The number of fused-ring (bicyclic) bond motifs is 1. The highest BCUT2D eigenvalue weighted by Crippen LogP contribution is 2.49. The zero-order chi connectivity index (χ0) is 28.4. The number of hydrogen-bond acceptors (Lipinski definition) is 4. The lowest BCUT2D eigenvalue weighted by Gasteiger charge is -2.24. The third-order valence-electron chi connectivity index (χ3n) is 7.45. The Balaban J connectivity index is 1.82. The van der Waals surface area contributed by atoms with Crippen LogP contribution in [0.1, 0.15) is 47.8 Å². The number of rotatable bonds is 7. The molecular weight excluding hydrogens is 523 g/mol. The third kappa shape index (κ3) is 5.28. The van der Waals surface area contributed by atoms with E-state index in [-0.39, 0.29) is 36.0 Å². The summed E-state index contributed by atoms with van der Waals surface area (Å²) in [4.78, 5) is 28.5. The second kappa shape index (κ2) is 11.7. The minimum absolute atomic E-state index is 0.0293. The van der Waals surface area contributed by atoms with Gasteiger partial charge in [-0.3, -0.25) is 14.5 Å². The quantitative estimate of drug-likeness (QED) is 0.287. The Kier molecular flexibility index (Phi) is 8.07. The molecule has 0 bridgehead atoms. The van der Waals surface area contributed by atoms with Gasteiger partial charge in [0.2, 0.25) is 11.8 Å². The summed E-state index contributed by atoms with van der Waals surface area (Å²) >= 11 is 1.36. The summed E-state index contributed by atoms with van der Waals surface area (Å²) in [6, 6.07) is 22.3. The molecule has 0 saturated heterocycles. The number of nitrogens with zero attached hydrogens (tertiary/aromatic N) is 3. The Bertz CT molecular complexity index is 1550. The molecule has 0 aliphatic carbocycles. The van der Waals surface area contributed by atoms with Crippen LogP contribution in [0, 0.1) is 19.7 Å². The number of aromatic nitrogens is 2. The number of nitrogens with one attached hydrogen (secondary N) is 1. The van der Waals surface area contributed by atoms with Gasteiger partial charge in [-0.2, -0.15) is 5.10 Å². The highest BCUT2D eigenvalue weighted by atomic mass is 32.2. The zero-order valence-corrected chi connectivity index (χ0v) is 24.0. The van der Waals surface area contributed by atoms with Crippen molar-refractivity contribution in [2.45, 2.75) is 45.4 Å². The van der Waals surface area contributed by atoms with Crippen molar-refractivity contribution in [3.63, 3.8) is 0 Å². The van der Waals surface area contributed by atoms with Crippen LogP contribution in [0.3, 0.4) is 0 Å². The molecule has 0 spiro atoms. The van der Waals surface area contributed by atoms with Gasteiger partial charge in [-0.1, -0.05) is 67.6 Å². The van der Waals surface area contributed by atoms with Crippen molar-refractivity contribution in [2.75, 3.05) is 17.2 Å². The SMILES string of the molecule is CCC(C)NC(=O)CN1C(=O)CSC(c2ccccc2F)c2c(-c3ccccc3)nn(-c3cccc(C)c3C)c21. The first kappa shape index (κ1) is 27.6. The molecule has 2 atom stereocenters. The molecule has 5 rings (SSSR count). The fraction of sp³-hybridized carbons (Fsp3) is 0.281. The van der Waals surface area contributed by atoms with Crippen LogP contribution in [0.15, 0.2) is 72.8 Å². The third-order valence-corrected chi connectivity index (χ3v) is 8.69. The van der Waals surface area contributed by atoms with Gasteiger partial charge >= 0.3 is 0 Å². The van der Waals surface area contributed by atoms with Crippen LogP contribution in [-0.4, -0.2) is 39.9 Å². The minimum atomic E-state index is -0.517. The average Bonchev–Trinajstić information content (AvgIpc) is 3.28. The van der Waals surface area contributed by atoms with E-state index < -0.39 is 5.25 Å². The first-order valence-corrected chi connectivity index (χ1v) is 14.6. The molecule has 0 radical (unpaired) electrons. The lowest BCUT2D eigenvalue weighted by atomic mass is 9.99. The molecule has 2 unspecified atom stereocenters. The summed E-state index contributed by atoms with van der Waals surface area (Å²) in [7, 11) is 0. The monoisotopic (exact) mass is 556 g/mol. The van der Waals surface area contributed by atoms with Gasteiger partial charge in [0.05, 0.1) is 22.4 Å². The summed E-state index contributed by atoms with van der Waals surface area (Å²) in [6.45, 7) is 7.82. The number of carbonyl (C=O) groups excluding carboxylic acids is 2. The van der Waals surface area contributed by atoms with Crippen molar-refractivity contribution in [3.8, 4) is 16.9 Å². The standard InChI is InChI=1S/C32H33FN4O2S/c1-5-21(3)34-27(38)18-36-28(39)19-40-31(24-15-9-10-16-25(24)33)29-30(23-13-7-6-8-14-23)35-37(32(29)36)26-17-11-12-20(2)22(26)4/h6-17,21,31H,5,18-19H2,1-4H3,(H,34,38). The maximum atomic E-state index is 15.4. The van der Waals surface area contributed by atoms with Crippen molar-refractivity contribution in [3.05, 3.63) is 101 Å². The van der Waals surface area contributed by atoms with E-state index in [1.165, 1.54) is 22.7 Å². The molecular formula is C32H33FN4O2S. The molecule has 1 aliphatic rings. The Labute approximate surface area is 238 Å². The number of halogens is 1. The smallest absolute Gasteiger partial charge is 0.240 e. The van der Waals surface area contributed by atoms with Crippen molar-refractivity contribution in [1.29, 1.82) is 0 Å². The molecule has 4 aromatic rings. The number of aryl methyl sites for hydroxylation is 1. The number of amides is 2. The van der Waals surface area contributed by atoms with Gasteiger partial charge in [-0.25, -0.2) is 9.07 Å². The van der Waals surface area contributed by atoms with E-state index in [4.69, 9.17) is 5.10 Å². The Morgan fingerprint density at radius 2 is 1.80 bits per heavy atom. The van der Waals surface area contributed by atoms with Crippen molar-refractivity contribution in [1.82, 2.24) is 15.1 Å². The van der Waals surface area contributed by atoms with Crippen LogP contribution in [0.5, 0.6) is 0 Å². The zero-order valence-electron chi connectivity index (χ0n) is 23.1. The molecule has 1 aliphatic heterocycles. The largest absolute Gasteiger partial charge is 0.352 e. The van der Waals surface area contributed by atoms with Crippen molar-refractivity contribution < 1.29 is 14.0 Å². The van der Waals surface area contributed by atoms with Gasteiger partial charge in [-0.05, 0) is 50.5 Å². The number of benzene rings is 3. The number of carbonyl (C=O) groups is 2. The van der Waals surface area contributed by atoms with Gasteiger partial charge in [0, 0.05) is 22.7 Å². The van der Waals surface area contributed by atoms with Crippen LogP contribution in [0.25, 0.3) is 16.9 Å². The first-order chi connectivity index (χ1) is 19.3. The molecule has 2 amide bonds. The van der Waals surface area contributed by atoms with E-state index in [0.717, 1.165) is 28.8 Å². The van der Waals surface area contributed by atoms with Crippen LogP contribution in [0.4, 0.5) is 10.2 Å². The highest BCUT2D eigenvalue weighted by Gasteiger charge is 2.38. The highest BCUT2D eigenvalue weighted by molar-refractivity contribution is 8.00. The average molecular weight is 557 g/mol. The summed E-state index contributed by atoms with van der Waals surface area (Å²) < 4.78 is 17.1. The molecule has 0 saturated carbocycles. The van der Waals surface area contributed by atoms with E-state index in [0.29, 0.717) is 22.6 Å². The topological polar surface area (TPSA) is 67.2 Å². The second-order valence-corrected chi connectivity index (χ2v) is 11.2. The van der Waals surface area contributed by atoms with Crippen LogP contribution >= 0.6 is 11.8 Å².